The fourth-order valence-electron chi connectivity index (χ4n) is 2.25. The van der Waals surface area contributed by atoms with E-state index in [4.69, 9.17) is 4.74 Å². The standard InChI is InChI=1S/C18H19BrFNO2S/c1-12(14-5-3-4-6-15(14)19)21-18(22)11-24-10-13-7-8-17(23-2)16(20)9-13/h3-9,12H,10-11H2,1-2H3,(H,21,22)/t12-/m1/s1. The molecule has 1 amide bonds. The van der Waals surface area contributed by atoms with Crippen molar-refractivity contribution in [3.05, 3.63) is 63.9 Å². The molecule has 3 nitrogen and oxygen atoms in total. The number of carbonyl (C=O) groups excluding carboxylic acids is 1. The van der Waals surface area contributed by atoms with Gasteiger partial charge in [-0.25, -0.2) is 4.39 Å². The number of methoxy groups -OCH3 is 1. The summed E-state index contributed by atoms with van der Waals surface area (Å²) < 4.78 is 19.5. The van der Waals surface area contributed by atoms with Gasteiger partial charge in [0, 0.05) is 10.2 Å². The summed E-state index contributed by atoms with van der Waals surface area (Å²) in [7, 11) is 1.43. The molecule has 0 fully saturated rings. The summed E-state index contributed by atoms with van der Waals surface area (Å²) in [5.41, 5.74) is 1.86. The van der Waals surface area contributed by atoms with E-state index in [1.165, 1.54) is 24.9 Å². The van der Waals surface area contributed by atoms with Gasteiger partial charge in [0.05, 0.1) is 18.9 Å². The second kappa shape index (κ2) is 9.08. The highest BCUT2D eigenvalue weighted by atomic mass is 79.9. The first kappa shape index (κ1) is 18.8. The van der Waals surface area contributed by atoms with Crippen molar-refractivity contribution in [3.8, 4) is 5.75 Å². The number of ether oxygens (including phenoxy) is 1. The molecule has 0 saturated carbocycles. The molecule has 2 rings (SSSR count). The number of hydrogen-bond acceptors (Lipinski definition) is 3. The number of nitrogens with one attached hydrogen (secondary N) is 1. The van der Waals surface area contributed by atoms with Crippen LogP contribution in [-0.4, -0.2) is 18.8 Å². The van der Waals surface area contributed by atoms with E-state index in [9.17, 15) is 9.18 Å². The Kier molecular flexibility index (Phi) is 7.12. The van der Waals surface area contributed by atoms with Crippen molar-refractivity contribution >= 4 is 33.6 Å². The first-order valence-corrected chi connectivity index (χ1v) is 9.40. The first-order chi connectivity index (χ1) is 11.5. The number of halogens is 2. The van der Waals surface area contributed by atoms with Crippen LogP contribution in [0.25, 0.3) is 0 Å². The number of benzene rings is 2. The van der Waals surface area contributed by atoms with Gasteiger partial charge in [0.25, 0.3) is 0 Å². The molecule has 1 N–H and O–H groups in total. The normalized spacial score (nSPS) is 11.8. The van der Waals surface area contributed by atoms with Gasteiger partial charge in [-0.05, 0) is 36.2 Å². The first-order valence-electron chi connectivity index (χ1n) is 7.45. The predicted octanol–water partition coefficient (Wildman–Crippen LogP) is 4.71. The van der Waals surface area contributed by atoms with E-state index in [1.54, 1.807) is 12.1 Å². The van der Waals surface area contributed by atoms with Crippen molar-refractivity contribution in [1.29, 1.82) is 0 Å². The zero-order chi connectivity index (χ0) is 17.5. The average Bonchev–Trinajstić information content (AvgIpc) is 2.55. The molecule has 0 radical (unpaired) electrons. The van der Waals surface area contributed by atoms with E-state index < -0.39 is 0 Å². The van der Waals surface area contributed by atoms with E-state index in [0.29, 0.717) is 11.5 Å². The van der Waals surface area contributed by atoms with Crippen LogP contribution in [-0.2, 0) is 10.5 Å². The van der Waals surface area contributed by atoms with E-state index in [0.717, 1.165) is 15.6 Å². The zero-order valence-corrected chi connectivity index (χ0v) is 15.9. The lowest BCUT2D eigenvalue weighted by Crippen LogP contribution is -2.28. The van der Waals surface area contributed by atoms with Crippen LogP contribution >= 0.6 is 27.7 Å². The summed E-state index contributed by atoms with van der Waals surface area (Å²) in [4.78, 5) is 12.1. The third-order valence-electron chi connectivity index (χ3n) is 3.47. The van der Waals surface area contributed by atoms with Crippen LogP contribution in [0, 0.1) is 5.82 Å². The average molecular weight is 412 g/mol. The summed E-state index contributed by atoms with van der Waals surface area (Å²) in [6.07, 6.45) is 0. The van der Waals surface area contributed by atoms with Gasteiger partial charge in [-0.3, -0.25) is 4.79 Å². The molecule has 0 saturated heterocycles. The Bertz CT molecular complexity index is 711. The van der Waals surface area contributed by atoms with Gasteiger partial charge in [0.15, 0.2) is 11.6 Å². The molecule has 0 spiro atoms. The number of carbonyl (C=O) groups is 1. The number of hydrogen-bond donors (Lipinski definition) is 1. The van der Waals surface area contributed by atoms with Crippen molar-refractivity contribution < 1.29 is 13.9 Å². The highest BCUT2D eigenvalue weighted by Crippen LogP contribution is 2.23. The van der Waals surface area contributed by atoms with Gasteiger partial charge in [0.1, 0.15) is 0 Å². The van der Waals surface area contributed by atoms with Crippen molar-refractivity contribution in [2.45, 2.75) is 18.7 Å². The van der Waals surface area contributed by atoms with Crippen LogP contribution in [0.5, 0.6) is 5.75 Å². The predicted molar refractivity (Wildman–Crippen MR) is 99.8 cm³/mol. The lowest BCUT2D eigenvalue weighted by molar-refractivity contribution is -0.119. The molecule has 6 heteroatoms. The smallest absolute Gasteiger partial charge is 0.230 e. The van der Waals surface area contributed by atoms with Gasteiger partial charge < -0.3 is 10.1 Å². The molecule has 0 aliphatic heterocycles. The molecule has 24 heavy (non-hydrogen) atoms. The molecule has 0 heterocycles. The van der Waals surface area contributed by atoms with Gasteiger partial charge in [-0.2, -0.15) is 0 Å². The molecule has 0 aromatic heterocycles. The molecule has 2 aromatic carbocycles. The molecule has 0 unspecified atom stereocenters. The Hall–Kier alpha value is -1.53. The van der Waals surface area contributed by atoms with E-state index >= 15 is 0 Å². The highest BCUT2D eigenvalue weighted by Gasteiger charge is 2.12. The van der Waals surface area contributed by atoms with Crippen LogP contribution in [0.3, 0.4) is 0 Å². The Morgan fingerprint density at radius 3 is 2.75 bits per heavy atom. The van der Waals surface area contributed by atoms with Crippen LogP contribution in [0.1, 0.15) is 24.1 Å². The maximum Gasteiger partial charge on any atom is 0.230 e. The molecule has 0 aliphatic carbocycles. The lowest BCUT2D eigenvalue weighted by atomic mass is 10.1. The maximum absolute atomic E-state index is 13.6. The molecule has 128 valence electrons. The second-order valence-electron chi connectivity index (χ2n) is 5.27. The monoisotopic (exact) mass is 411 g/mol. The van der Waals surface area contributed by atoms with Gasteiger partial charge >= 0.3 is 0 Å². The SMILES string of the molecule is COc1ccc(CSCC(=O)N[C@H](C)c2ccccc2Br)cc1F. The van der Waals surface area contributed by atoms with Crippen molar-refractivity contribution in [3.63, 3.8) is 0 Å². The lowest BCUT2D eigenvalue weighted by Gasteiger charge is -2.15. The van der Waals surface area contributed by atoms with Crippen LogP contribution in [0.2, 0.25) is 0 Å². The minimum absolute atomic E-state index is 0.0442. The van der Waals surface area contributed by atoms with Gasteiger partial charge in [-0.1, -0.05) is 40.2 Å². The summed E-state index contributed by atoms with van der Waals surface area (Å²) in [6.45, 7) is 1.95. The van der Waals surface area contributed by atoms with E-state index in [2.05, 4.69) is 21.2 Å². The van der Waals surface area contributed by atoms with Crippen LogP contribution in [0.15, 0.2) is 46.9 Å². The third kappa shape index (κ3) is 5.24. The minimum Gasteiger partial charge on any atom is -0.494 e. The Balaban J connectivity index is 1.81. The number of rotatable bonds is 7. The van der Waals surface area contributed by atoms with Crippen LogP contribution in [0.4, 0.5) is 4.39 Å². The number of thioether (sulfide) groups is 1. The molecule has 2 aromatic rings. The fraction of sp³-hybridized carbons (Fsp3) is 0.278. The molecular formula is C18H19BrFNO2S. The highest BCUT2D eigenvalue weighted by molar-refractivity contribution is 9.10. The summed E-state index contributed by atoms with van der Waals surface area (Å²) in [5.74, 6) is 0.684. The van der Waals surface area contributed by atoms with Gasteiger partial charge in [-0.15, -0.1) is 11.8 Å². The van der Waals surface area contributed by atoms with E-state index in [1.807, 2.05) is 31.2 Å². The fourth-order valence-corrected chi connectivity index (χ4v) is 3.66. The molecule has 0 aliphatic rings. The van der Waals surface area contributed by atoms with E-state index in [-0.39, 0.29) is 23.5 Å². The van der Waals surface area contributed by atoms with Crippen molar-refractivity contribution in [2.24, 2.45) is 0 Å². The molecular weight excluding hydrogens is 393 g/mol. The largest absolute Gasteiger partial charge is 0.494 e. The topological polar surface area (TPSA) is 38.3 Å². The third-order valence-corrected chi connectivity index (χ3v) is 5.19. The van der Waals surface area contributed by atoms with Crippen LogP contribution < -0.4 is 10.1 Å². The molecule has 0 bridgehead atoms. The quantitative estimate of drug-likeness (QED) is 0.716. The minimum atomic E-state index is -0.386. The second-order valence-corrected chi connectivity index (χ2v) is 7.11. The molecule has 1 atom stereocenters. The Morgan fingerprint density at radius 2 is 2.08 bits per heavy atom. The van der Waals surface area contributed by atoms with Gasteiger partial charge in [0.2, 0.25) is 5.91 Å². The zero-order valence-electron chi connectivity index (χ0n) is 13.5. The Morgan fingerprint density at radius 1 is 1.33 bits per heavy atom. The summed E-state index contributed by atoms with van der Waals surface area (Å²) in [5, 5.41) is 2.97. The summed E-state index contributed by atoms with van der Waals surface area (Å²) in [6, 6.07) is 12.6. The van der Waals surface area contributed by atoms with Crippen molar-refractivity contribution in [2.75, 3.05) is 12.9 Å². The van der Waals surface area contributed by atoms with Crippen molar-refractivity contribution in [1.82, 2.24) is 5.32 Å². The number of amides is 1. The maximum atomic E-state index is 13.6. The summed E-state index contributed by atoms with van der Waals surface area (Å²) >= 11 is 4.93. The Labute approximate surface area is 154 Å².